The van der Waals surface area contributed by atoms with Crippen molar-refractivity contribution >= 4 is 18.4 Å². The number of halogens is 10. The number of allylic oxidation sites excluding steroid dienone is 2. The van der Waals surface area contributed by atoms with E-state index in [1.54, 1.807) is 0 Å². The van der Waals surface area contributed by atoms with Gasteiger partial charge in [-0.05, 0) is 0 Å². The van der Waals surface area contributed by atoms with Gasteiger partial charge in [-0.3, -0.25) is 0 Å². The first-order chi connectivity index (χ1) is 11.3. The molecule has 0 N–H and O–H groups in total. The maximum absolute atomic E-state index is 14.3. The van der Waals surface area contributed by atoms with Gasteiger partial charge in [0.15, 0.2) is 0 Å². The van der Waals surface area contributed by atoms with Gasteiger partial charge in [-0.1, -0.05) is 0 Å². The predicted molar refractivity (Wildman–Crippen MR) is 75.8 cm³/mol. The summed E-state index contributed by atoms with van der Waals surface area (Å²) >= 11 is -6.11. The molecule has 0 heterocycles. The summed E-state index contributed by atoms with van der Waals surface area (Å²) in [5, 5.41) is 0. The maximum atomic E-state index is 14.3. The van der Waals surface area contributed by atoms with Crippen molar-refractivity contribution in [1.29, 1.82) is 0 Å². The van der Waals surface area contributed by atoms with E-state index in [1.165, 1.54) is 13.8 Å². The van der Waals surface area contributed by atoms with E-state index < -0.39 is 58.9 Å². The Bertz CT molecular complexity index is 455. The molecule has 25 heavy (non-hydrogen) atoms. The minimum atomic E-state index is -6.11. The second-order valence-electron chi connectivity index (χ2n) is 5.54. The van der Waals surface area contributed by atoms with E-state index >= 15 is 0 Å². The van der Waals surface area contributed by atoms with Crippen LogP contribution in [0.3, 0.4) is 0 Å². The number of hydrogen-bond donors (Lipinski definition) is 0. The monoisotopic (exact) mass is 496 g/mol. The van der Waals surface area contributed by atoms with Gasteiger partial charge in [0.05, 0.1) is 0 Å². The topological polar surface area (TPSA) is 0 Å². The molecule has 0 atom stereocenters. The predicted octanol–water partition coefficient (Wildman–Crippen LogP) is 7.54. The Labute approximate surface area is 142 Å². The zero-order valence-electron chi connectivity index (χ0n) is 13.5. The van der Waals surface area contributed by atoms with E-state index in [1.807, 2.05) is 0 Å². The van der Waals surface area contributed by atoms with Crippen molar-refractivity contribution in [3.05, 3.63) is 19.3 Å². The summed E-state index contributed by atoms with van der Waals surface area (Å²) in [4.78, 5) is 0. The summed E-state index contributed by atoms with van der Waals surface area (Å²) in [7, 11) is 0. The average molecular weight is 495 g/mol. The first-order valence-corrected chi connectivity index (χ1v) is 14.4. The fourth-order valence-corrected chi connectivity index (χ4v) is 14.7. The number of hydrogen-bond acceptors (Lipinski definition) is 0. The Hall–Kier alpha value is -0.421. The Kier molecular flexibility index (Phi) is 9.34. The molecule has 11 heteroatoms. The molecular formula is C14H18F10Sn. The van der Waals surface area contributed by atoms with E-state index in [0.717, 1.165) is 0 Å². The number of alkyl halides is 6. The molecule has 0 aliphatic carbocycles. The van der Waals surface area contributed by atoms with Gasteiger partial charge in [0, 0.05) is 0 Å². The van der Waals surface area contributed by atoms with Crippen LogP contribution in [0.4, 0.5) is 43.9 Å². The van der Waals surface area contributed by atoms with Crippen LogP contribution in [-0.4, -0.2) is 30.7 Å². The van der Waals surface area contributed by atoms with Gasteiger partial charge in [-0.2, -0.15) is 0 Å². The van der Waals surface area contributed by atoms with Crippen molar-refractivity contribution in [1.82, 2.24) is 0 Å². The van der Waals surface area contributed by atoms with Crippen LogP contribution in [0, 0.1) is 0 Å². The molecule has 0 aliphatic rings. The third-order valence-corrected chi connectivity index (χ3v) is 16.6. The van der Waals surface area contributed by atoms with Gasteiger partial charge in [-0.25, -0.2) is 0 Å². The van der Waals surface area contributed by atoms with Crippen molar-refractivity contribution in [2.75, 3.05) is 0 Å². The molecule has 0 rings (SSSR count). The molecule has 0 bridgehead atoms. The van der Waals surface area contributed by atoms with Gasteiger partial charge in [0.25, 0.3) is 0 Å². The van der Waals surface area contributed by atoms with Gasteiger partial charge in [0.2, 0.25) is 0 Å². The molecule has 0 aromatic carbocycles. The van der Waals surface area contributed by atoms with Crippen LogP contribution in [0.5, 0.6) is 0 Å². The van der Waals surface area contributed by atoms with E-state index in [9.17, 15) is 43.9 Å². The molecule has 0 spiro atoms. The molecule has 0 saturated carbocycles. The van der Waals surface area contributed by atoms with Crippen molar-refractivity contribution < 1.29 is 43.9 Å². The summed E-state index contributed by atoms with van der Waals surface area (Å²) in [6, 6.07) is 0. The fourth-order valence-electron chi connectivity index (χ4n) is 2.29. The molecule has 0 fully saturated rings. The normalized spacial score (nSPS) is 15.8. The molecule has 0 radical (unpaired) electrons. The second-order valence-corrected chi connectivity index (χ2v) is 17.1. The quantitative estimate of drug-likeness (QED) is 0.241. The summed E-state index contributed by atoms with van der Waals surface area (Å²) in [6.07, 6.45) is -11.5. The molecule has 0 saturated heterocycles. The third-order valence-electron chi connectivity index (χ3n) is 3.64. The zero-order chi connectivity index (χ0) is 20.1. The van der Waals surface area contributed by atoms with Crippen molar-refractivity contribution in [2.24, 2.45) is 0 Å². The minimum absolute atomic E-state index is 0.142. The molecular weight excluding hydrogens is 477 g/mol. The van der Waals surface area contributed by atoms with E-state index in [2.05, 4.69) is 0 Å². The van der Waals surface area contributed by atoms with Crippen molar-refractivity contribution in [2.45, 2.75) is 60.8 Å². The molecule has 148 valence electrons. The van der Waals surface area contributed by atoms with Crippen molar-refractivity contribution in [3.63, 3.8) is 0 Å². The van der Waals surface area contributed by atoms with E-state index in [-0.39, 0.29) is 25.7 Å². The standard InChI is InChI=1S/2C4H9.2C3F5.Sn/c2*1-3-4-2;2*4-1-2(5)3(6,7)8;/h2*1,3-4H2,2H3;;;. The zero-order valence-corrected chi connectivity index (χ0v) is 16.4. The van der Waals surface area contributed by atoms with Crippen LogP contribution >= 0.6 is 0 Å². The summed E-state index contributed by atoms with van der Waals surface area (Å²) in [5.41, 5.74) is 0. The number of unbranched alkanes of at least 4 members (excludes halogenated alkanes) is 2. The van der Waals surface area contributed by atoms with Crippen LogP contribution in [0.2, 0.25) is 8.87 Å². The first-order valence-electron chi connectivity index (χ1n) is 7.51. The van der Waals surface area contributed by atoms with E-state index in [0.29, 0.717) is 0 Å². The molecule has 0 nitrogen and oxygen atoms in total. The summed E-state index contributed by atoms with van der Waals surface area (Å²) in [5.74, 6) is -6.53. The van der Waals surface area contributed by atoms with Crippen LogP contribution in [0.25, 0.3) is 0 Å². The fraction of sp³-hybridized carbons (Fsp3) is 0.714. The van der Waals surface area contributed by atoms with Crippen LogP contribution < -0.4 is 0 Å². The average Bonchev–Trinajstić information content (AvgIpc) is 2.51. The molecule has 0 aliphatic heterocycles. The summed E-state index contributed by atoms with van der Waals surface area (Å²) in [6.45, 7) is 2.97. The van der Waals surface area contributed by atoms with Gasteiger partial charge < -0.3 is 0 Å². The van der Waals surface area contributed by atoms with E-state index in [4.69, 9.17) is 0 Å². The van der Waals surface area contributed by atoms with Gasteiger partial charge in [-0.15, -0.1) is 0 Å². The molecule has 0 unspecified atom stereocenters. The van der Waals surface area contributed by atoms with Gasteiger partial charge >= 0.3 is 142 Å². The van der Waals surface area contributed by atoms with Crippen molar-refractivity contribution in [3.8, 4) is 0 Å². The SMILES string of the molecule is CCC[CH2][Sn]([CH2]CCC)(/[C](F)=C(\F)C(F)(F)F)/[C](F)=C(\F)C(F)(F)F. The van der Waals surface area contributed by atoms with Crippen LogP contribution in [-0.2, 0) is 0 Å². The third kappa shape index (κ3) is 6.35. The molecule has 0 aromatic rings. The van der Waals surface area contributed by atoms with Crippen LogP contribution in [0.1, 0.15) is 39.5 Å². The second kappa shape index (κ2) is 9.50. The van der Waals surface area contributed by atoms with Gasteiger partial charge in [0.1, 0.15) is 0 Å². The van der Waals surface area contributed by atoms with Crippen LogP contribution in [0.15, 0.2) is 19.3 Å². The Morgan fingerprint density at radius 2 is 0.920 bits per heavy atom. The molecule has 0 aromatic heterocycles. The summed E-state index contributed by atoms with van der Waals surface area (Å²) < 4.78 is 124. The Morgan fingerprint density at radius 1 is 0.640 bits per heavy atom. The number of rotatable bonds is 8. The first kappa shape index (κ1) is 24.6. The Morgan fingerprint density at radius 3 is 1.12 bits per heavy atom. The molecule has 0 amide bonds. The Balaban J connectivity index is 6.63.